The molecule has 0 unspecified atom stereocenters. The molecule has 0 amide bonds. The highest BCUT2D eigenvalue weighted by molar-refractivity contribution is 5.92. The lowest BCUT2D eigenvalue weighted by molar-refractivity contribution is 0.356. The summed E-state index contributed by atoms with van der Waals surface area (Å²) in [4.78, 5) is 22.6. The maximum absolute atomic E-state index is 5.49. The normalized spacial score (nSPS) is 13.7. The molecule has 2 aromatic carbocycles. The van der Waals surface area contributed by atoms with E-state index in [1.54, 1.807) is 20.5 Å². The largest absolute Gasteiger partial charge is 0.493 e. The van der Waals surface area contributed by atoms with Gasteiger partial charge in [-0.2, -0.15) is 0 Å². The van der Waals surface area contributed by atoms with Crippen molar-refractivity contribution in [2.75, 3.05) is 55.5 Å². The van der Waals surface area contributed by atoms with Crippen molar-refractivity contribution in [2.24, 2.45) is 0 Å². The van der Waals surface area contributed by atoms with Crippen LogP contribution in [0.2, 0.25) is 0 Å². The van der Waals surface area contributed by atoms with Crippen LogP contribution in [0.5, 0.6) is 11.5 Å². The summed E-state index contributed by atoms with van der Waals surface area (Å²) in [6.45, 7) is 5.26. The lowest BCUT2D eigenvalue weighted by atomic mass is 10.2. The molecule has 1 fully saturated rings. The molecule has 1 aliphatic heterocycles. The highest BCUT2D eigenvalue weighted by atomic mass is 16.5. The molecular formula is C25H27N7O2. The Bertz CT molecular complexity index is 1290. The Balaban J connectivity index is 1.28. The molecule has 174 valence electrons. The minimum Gasteiger partial charge on any atom is -0.493 e. The van der Waals surface area contributed by atoms with Crippen LogP contribution in [0.1, 0.15) is 5.56 Å². The van der Waals surface area contributed by atoms with Gasteiger partial charge in [-0.3, -0.25) is 0 Å². The number of methoxy groups -OCH3 is 2. The van der Waals surface area contributed by atoms with Crippen LogP contribution in [0.15, 0.2) is 55.1 Å². The number of hydrogen-bond acceptors (Lipinski definition) is 9. The standard InChI is InChI=1S/C25H27N7O2/c1-17-5-4-6-18(11-17)30-19-14-26-25(27-15-19)32-9-7-31(8-10-32)24-20-12-22(33-2)23(34-3)13-21(20)28-16-29-24/h4-6,11-16,30H,7-10H2,1-3H3. The Morgan fingerprint density at radius 1 is 0.794 bits per heavy atom. The van der Waals surface area contributed by atoms with Crippen LogP contribution in [0.3, 0.4) is 0 Å². The second-order valence-electron chi connectivity index (χ2n) is 8.16. The van der Waals surface area contributed by atoms with Crippen LogP contribution in [-0.2, 0) is 0 Å². The zero-order chi connectivity index (χ0) is 23.5. The Morgan fingerprint density at radius 3 is 2.21 bits per heavy atom. The van der Waals surface area contributed by atoms with E-state index in [1.165, 1.54) is 5.56 Å². The third kappa shape index (κ3) is 4.36. The molecule has 5 rings (SSSR count). The van der Waals surface area contributed by atoms with Crippen molar-refractivity contribution in [2.45, 2.75) is 6.92 Å². The molecule has 0 atom stereocenters. The van der Waals surface area contributed by atoms with Crippen molar-refractivity contribution < 1.29 is 9.47 Å². The third-order valence-electron chi connectivity index (χ3n) is 5.93. The third-order valence-corrected chi connectivity index (χ3v) is 5.93. The summed E-state index contributed by atoms with van der Waals surface area (Å²) in [5.74, 6) is 2.94. The van der Waals surface area contributed by atoms with Gasteiger partial charge in [-0.15, -0.1) is 0 Å². The Hall–Kier alpha value is -4.14. The fraction of sp³-hybridized carbons (Fsp3) is 0.280. The van der Waals surface area contributed by atoms with Crippen molar-refractivity contribution in [3.8, 4) is 11.5 Å². The second kappa shape index (κ2) is 9.38. The molecule has 4 aromatic rings. The van der Waals surface area contributed by atoms with Gasteiger partial charge in [0.2, 0.25) is 5.95 Å². The summed E-state index contributed by atoms with van der Waals surface area (Å²) in [6, 6.07) is 12.1. The Kier molecular flexibility index (Phi) is 5.99. The number of ether oxygens (including phenoxy) is 2. The molecule has 9 heteroatoms. The van der Waals surface area contributed by atoms with Crippen molar-refractivity contribution in [1.29, 1.82) is 0 Å². The summed E-state index contributed by atoms with van der Waals surface area (Å²) in [6.07, 6.45) is 5.25. The average Bonchev–Trinajstić information content (AvgIpc) is 2.88. The second-order valence-corrected chi connectivity index (χ2v) is 8.16. The number of nitrogens with one attached hydrogen (secondary N) is 1. The predicted molar refractivity (Wildman–Crippen MR) is 134 cm³/mol. The summed E-state index contributed by atoms with van der Waals surface area (Å²) in [7, 11) is 3.26. The maximum atomic E-state index is 5.49. The number of aryl methyl sites for hydroxylation is 1. The molecule has 0 saturated carbocycles. The van der Waals surface area contributed by atoms with E-state index in [0.717, 1.165) is 60.2 Å². The lowest BCUT2D eigenvalue weighted by Crippen LogP contribution is -2.47. The van der Waals surface area contributed by atoms with Gasteiger partial charge in [0, 0.05) is 43.3 Å². The monoisotopic (exact) mass is 457 g/mol. The van der Waals surface area contributed by atoms with Gasteiger partial charge >= 0.3 is 0 Å². The minimum atomic E-state index is 0.655. The molecule has 9 nitrogen and oxygen atoms in total. The number of anilines is 4. The first kappa shape index (κ1) is 21.7. The molecule has 34 heavy (non-hydrogen) atoms. The van der Waals surface area contributed by atoms with Gasteiger partial charge in [0.15, 0.2) is 11.5 Å². The smallest absolute Gasteiger partial charge is 0.225 e. The molecule has 0 bridgehead atoms. The number of rotatable bonds is 6. The summed E-state index contributed by atoms with van der Waals surface area (Å²) >= 11 is 0. The number of benzene rings is 2. The van der Waals surface area contributed by atoms with Crippen LogP contribution in [0, 0.1) is 6.92 Å². The molecule has 0 radical (unpaired) electrons. The van der Waals surface area contributed by atoms with Gasteiger partial charge in [-0.1, -0.05) is 12.1 Å². The van der Waals surface area contributed by atoms with E-state index < -0.39 is 0 Å². The fourth-order valence-electron chi connectivity index (χ4n) is 4.18. The average molecular weight is 458 g/mol. The van der Waals surface area contributed by atoms with Gasteiger partial charge in [-0.25, -0.2) is 19.9 Å². The van der Waals surface area contributed by atoms with Crippen molar-refractivity contribution in [3.05, 3.63) is 60.7 Å². The van der Waals surface area contributed by atoms with Gasteiger partial charge < -0.3 is 24.6 Å². The molecule has 1 saturated heterocycles. The van der Waals surface area contributed by atoms with E-state index in [1.807, 2.05) is 36.7 Å². The molecule has 0 spiro atoms. The van der Waals surface area contributed by atoms with Gasteiger partial charge in [0.25, 0.3) is 0 Å². The summed E-state index contributed by atoms with van der Waals surface area (Å²) < 4.78 is 10.9. The number of piperazine rings is 1. The van der Waals surface area contributed by atoms with Gasteiger partial charge in [0.05, 0.1) is 37.8 Å². The number of fused-ring (bicyclic) bond motifs is 1. The van der Waals surface area contributed by atoms with E-state index in [9.17, 15) is 0 Å². The molecule has 1 aliphatic rings. The number of hydrogen-bond donors (Lipinski definition) is 1. The Labute approximate surface area is 198 Å². The van der Waals surface area contributed by atoms with Crippen molar-refractivity contribution in [3.63, 3.8) is 0 Å². The maximum Gasteiger partial charge on any atom is 0.225 e. The fourth-order valence-corrected chi connectivity index (χ4v) is 4.18. The predicted octanol–water partition coefficient (Wildman–Crippen LogP) is 3.82. The molecular weight excluding hydrogens is 430 g/mol. The van der Waals surface area contributed by atoms with E-state index in [-0.39, 0.29) is 0 Å². The zero-order valence-electron chi connectivity index (χ0n) is 19.5. The van der Waals surface area contributed by atoms with Crippen molar-refractivity contribution in [1.82, 2.24) is 19.9 Å². The number of aromatic nitrogens is 4. The van der Waals surface area contributed by atoms with E-state index in [4.69, 9.17) is 9.47 Å². The van der Waals surface area contributed by atoms with E-state index >= 15 is 0 Å². The summed E-state index contributed by atoms with van der Waals surface area (Å²) in [5, 5.41) is 4.29. The summed E-state index contributed by atoms with van der Waals surface area (Å²) in [5.41, 5.74) is 3.92. The first-order valence-electron chi connectivity index (χ1n) is 11.2. The topological polar surface area (TPSA) is 88.5 Å². The van der Waals surface area contributed by atoms with Gasteiger partial charge in [-0.05, 0) is 30.7 Å². The van der Waals surface area contributed by atoms with Crippen LogP contribution >= 0.6 is 0 Å². The molecule has 2 aromatic heterocycles. The van der Waals surface area contributed by atoms with Crippen molar-refractivity contribution >= 4 is 34.0 Å². The highest BCUT2D eigenvalue weighted by Gasteiger charge is 2.22. The minimum absolute atomic E-state index is 0.655. The van der Waals surface area contributed by atoms with Crippen LogP contribution in [0.25, 0.3) is 10.9 Å². The highest BCUT2D eigenvalue weighted by Crippen LogP contribution is 2.35. The first-order valence-corrected chi connectivity index (χ1v) is 11.2. The van der Waals surface area contributed by atoms with Crippen LogP contribution < -0.4 is 24.6 Å². The first-order chi connectivity index (χ1) is 16.6. The SMILES string of the molecule is COc1cc2ncnc(N3CCN(c4ncc(Nc5cccc(C)c5)cn4)CC3)c2cc1OC. The van der Waals surface area contributed by atoms with Crippen LogP contribution in [0.4, 0.5) is 23.1 Å². The molecule has 1 N–H and O–H groups in total. The quantitative estimate of drug-likeness (QED) is 0.464. The van der Waals surface area contributed by atoms with Gasteiger partial charge in [0.1, 0.15) is 12.1 Å². The number of nitrogens with zero attached hydrogens (tertiary/aromatic N) is 6. The lowest BCUT2D eigenvalue weighted by Gasteiger charge is -2.35. The van der Waals surface area contributed by atoms with E-state index in [0.29, 0.717) is 11.5 Å². The molecule has 3 heterocycles. The van der Waals surface area contributed by atoms with Crippen LogP contribution in [-0.4, -0.2) is 60.3 Å². The molecule has 0 aliphatic carbocycles. The van der Waals surface area contributed by atoms with E-state index in [2.05, 4.69) is 54.1 Å². The zero-order valence-corrected chi connectivity index (χ0v) is 19.5. The Morgan fingerprint density at radius 2 is 1.50 bits per heavy atom.